The van der Waals surface area contributed by atoms with E-state index in [0.717, 1.165) is 16.6 Å². The van der Waals surface area contributed by atoms with Gasteiger partial charge in [-0.2, -0.15) is 0 Å². The molecule has 2 aromatic heterocycles. The van der Waals surface area contributed by atoms with Gasteiger partial charge in [-0.15, -0.1) is 0 Å². The summed E-state index contributed by atoms with van der Waals surface area (Å²) in [5.74, 6) is 7.14. The van der Waals surface area contributed by atoms with Crippen LogP contribution in [0.2, 0.25) is 0 Å². The largest absolute Gasteiger partial charge is 0.308 e. The first kappa shape index (κ1) is 13.9. The Kier molecular flexibility index (Phi) is 4.44. The maximum Gasteiger partial charge on any atom is 0.181 e. The molecule has 0 bridgehead atoms. The fraction of sp³-hybridized carbons (Fsp3) is 0.308. The Balaban J connectivity index is 2.48. The molecule has 0 atom stereocenters. The van der Waals surface area contributed by atoms with Crippen molar-refractivity contribution >= 4 is 21.7 Å². The Bertz CT molecular complexity index is 571. The van der Waals surface area contributed by atoms with Crippen molar-refractivity contribution in [1.29, 1.82) is 0 Å². The molecule has 2 rings (SSSR count). The smallest absolute Gasteiger partial charge is 0.181 e. The van der Waals surface area contributed by atoms with Gasteiger partial charge >= 0.3 is 0 Å². The second-order valence-corrected chi connectivity index (χ2v) is 5.50. The zero-order valence-corrected chi connectivity index (χ0v) is 12.5. The quantitative estimate of drug-likeness (QED) is 0.669. The second-order valence-electron chi connectivity index (χ2n) is 4.64. The van der Waals surface area contributed by atoms with E-state index in [1.165, 1.54) is 0 Å². The van der Waals surface area contributed by atoms with Gasteiger partial charge in [-0.25, -0.2) is 15.8 Å². The lowest BCUT2D eigenvalue weighted by molar-refractivity contribution is 0.634. The van der Waals surface area contributed by atoms with Gasteiger partial charge in [0, 0.05) is 22.4 Å². The van der Waals surface area contributed by atoms with Crippen LogP contribution in [0.25, 0.3) is 11.5 Å². The van der Waals surface area contributed by atoms with Gasteiger partial charge in [0.1, 0.15) is 11.5 Å². The number of halogens is 1. The molecule has 0 aliphatic carbocycles. The highest BCUT2D eigenvalue weighted by atomic mass is 79.9. The van der Waals surface area contributed by atoms with Crippen molar-refractivity contribution in [2.75, 3.05) is 5.43 Å². The minimum Gasteiger partial charge on any atom is -0.308 e. The molecule has 0 aliphatic rings. The monoisotopic (exact) mass is 321 g/mol. The molecule has 2 heterocycles. The molecule has 0 unspecified atom stereocenters. The normalized spacial score (nSPS) is 10.8. The molecule has 0 amide bonds. The number of pyridine rings is 1. The first-order valence-electron chi connectivity index (χ1n) is 6.05. The Hall–Kier alpha value is -1.53. The lowest BCUT2D eigenvalue weighted by atomic mass is 10.1. The summed E-state index contributed by atoms with van der Waals surface area (Å²) in [5.41, 5.74) is 4.24. The molecule has 3 N–H and O–H groups in total. The van der Waals surface area contributed by atoms with Gasteiger partial charge in [-0.3, -0.25) is 4.98 Å². The third kappa shape index (κ3) is 3.48. The number of nitrogen functional groups attached to an aromatic ring is 1. The van der Waals surface area contributed by atoms with Gasteiger partial charge < -0.3 is 5.43 Å². The lowest BCUT2D eigenvalue weighted by Gasteiger charge is -2.09. The number of hydrogen-bond acceptors (Lipinski definition) is 5. The van der Waals surface area contributed by atoms with Crippen LogP contribution in [0.4, 0.5) is 5.82 Å². The third-order valence-corrected chi connectivity index (χ3v) is 3.15. The van der Waals surface area contributed by atoms with Crippen molar-refractivity contribution in [1.82, 2.24) is 15.0 Å². The Morgan fingerprint density at radius 1 is 1.37 bits per heavy atom. The van der Waals surface area contributed by atoms with Crippen LogP contribution in [-0.2, 0) is 6.42 Å². The first-order valence-corrected chi connectivity index (χ1v) is 6.85. The summed E-state index contributed by atoms with van der Waals surface area (Å²) in [5, 5.41) is 0. The van der Waals surface area contributed by atoms with Crippen molar-refractivity contribution in [3.63, 3.8) is 0 Å². The fourth-order valence-electron chi connectivity index (χ4n) is 1.75. The van der Waals surface area contributed by atoms with E-state index in [1.807, 2.05) is 18.2 Å². The van der Waals surface area contributed by atoms with Crippen LogP contribution in [0.5, 0.6) is 0 Å². The van der Waals surface area contributed by atoms with Crippen molar-refractivity contribution in [3.05, 3.63) is 34.6 Å². The summed E-state index contributed by atoms with van der Waals surface area (Å²) < 4.78 is 0.861. The Labute approximate surface area is 120 Å². The van der Waals surface area contributed by atoms with Crippen molar-refractivity contribution < 1.29 is 0 Å². The molecule has 0 fully saturated rings. The van der Waals surface area contributed by atoms with Crippen LogP contribution in [0.1, 0.15) is 19.5 Å². The van der Waals surface area contributed by atoms with Crippen LogP contribution in [0.15, 0.2) is 28.9 Å². The first-order chi connectivity index (χ1) is 9.10. The average Bonchev–Trinajstić information content (AvgIpc) is 2.38. The van der Waals surface area contributed by atoms with Gasteiger partial charge in [-0.1, -0.05) is 13.8 Å². The lowest BCUT2D eigenvalue weighted by Crippen LogP contribution is -2.11. The van der Waals surface area contributed by atoms with E-state index in [-0.39, 0.29) is 0 Å². The van der Waals surface area contributed by atoms with Crippen LogP contribution >= 0.6 is 15.9 Å². The number of nitrogens with two attached hydrogens (primary N) is 1. The van der Waals surface area contributed by atoms with Crippen LogP contribution in [0.3, 0.4) is 0 Å². The predicted molar refractivity (Wildman–Crippen MR) is 79.3 cm³/mol. The number of aromatic nitrogens is 3. The Morgan fingerprint density at radius 3 is 2.79 bits per heavy atom. The number of nitrogens with one attached hydrogen (secondary N) is 1. The maximum atomic E-state index is 5.46. The standard InChI is InChI=1S/C13H16BrN5/c1-8(2)6-9-7-11(19-15)18-13(17-9)12-10(14)4-3-5-16-12/h3-5,7-8H,6,15H2,1-2H3,(H,17,18,19). The molecule has 0 aromatic carbocycles. The summed E-state index contributed by atoms with van der Waals surface area (Å²) in [6.45, 7) is 4.29. The predicted octanol–water partition coefficient (Wildman–Crippen LogP) is 2.79. The highest BCUT2D eigenvalue weighted by Crippen LogP contribution is 2.24. The zero-order valence-electron chi connectivity index (χ0n) is 10.9. The number of rotatable bonds is 4. The summed E-state index contributed by atoms with van der Waals surface area (Å²) in [4.78, 5) is 13.2. The van der Waals surface area contributed by atoms with Crippen LogP contribution < -0.4 is 11.3 Å². The summed E-state index contributed by atoms with van der Waals surface area (Å²) >= 11 is 3.46. The second kappa shape index (κ2) is 6.08. The van der Waals surface area contributed by atoms with Gasteiger partial charge in [0.05, 0.1) is 0 Å². The average molecular weight is 322 g/mol. The van der Waals surface area contributed by atoms with E-state index in [2.05, 4.69) is 50.2 Å². The molecule has 0 saturated carbocycles. The van der Waals surface area contributed by atoms with Crippen molar-refractivity contribution in [3.8, 4) is 11.5 Å². The zero-order chi connectivity index (χ0) is 13.8. The summed E-state index contributed by atoms with van der Waals surface area (Å²) in [6, 6.07) is 5.63. The molecule has 0 saturated heterocycles. The molecular weight excluding hydrogens is 306 g/mol. The highest BCUT2D eigenvalue weighted by Gasteiger charge is 2.11. The topological polar surface area (TPSA) is 76.7 Å². The highest BCUT2D eigenvalue weighted by molar-refractivity contribution is 9.10. The van der Waals surface area contributed by atoms with Gasteiger partial charge in [-0.05, 0) is 40.4 Å². The SMILES string of the molecule is CC(C)Cc1cc(NN)nc(-c2ncccc2Br)n1. The van der Waals surface area contributed by atoms with Crippen LogP contribution in [-0.4, -0.2) is 15.0 Å². The minimum atomic E-state index is 0.514. The molecule has 5 nitrogen and oxygen atoms in total. The molecule has 19 heavy (non-hydrogen) atoms. The molecule has 0 aliphatic heterocycles. The van der Waals surface area contributed by atoms with E-state index < -0.39 is 0 Å². The summed E-state index contributed by atoms with van der Waals surface area (Å²) in [6.07, 6.45) is 2.59. The molecule has 6 heteroatoms. The van der Waals surface area contributed by atoms with Gasteiger partial charge in [0.2, 0.25) is 0 Å². The molecular formula is C13H16BrN5. The third-order valence-electron chi connectivity index (χ3n) is 2.51. The van der Waals surface area contributed by atoms with Crippen LogP contribution in [0, 0.1) is 5.92 Å². The van der Waals surface area contributed by atoms with Crippen molar-refractivity contribution in [2.24, 2.45) is 11.8 Å². The Morgan fingerprint density at radius 2 is 2.16 bits per heavy atom. The minimum absolute atomic E-state index is 0.514. The number of hydrazine groups is 1. The number of hydrogen-bond donors (Lipinski definition) is 2. The fourth-order valence-corrected chi connectivity index (χ4v) is 2.18. The van der Waals surface area contributed by atoms with E-state index in [0.29, 0.717) is 23.3 Å². The summed E-state index contributed by atoms with van der Waals surface area (Å²) in [7, 11) is 0. The van der Waals surface area contributed by atoms with Gasteiger partial charge in [0.15, 0.2) is 5.82 Å². The molecule has 100 valence electrons. The van der Waals surface area contributed by atoms with Gasteiger partial charge in [0.25, 0.3) is 0 Å². The molecule has 2 aromatic rings. The van der Waals surface area contributed by atoms with E-state index in [9.17, 15) is 0 Å². The van der Waals surface area contributed by atoms with E-state index in [4.69, 9.17) is 5.84 Å². The molecule has 0 spiro atoms. The van der Waals surface area contributed by atoms with E-state index in [1.54, 1.807) is 6.20 Å². The number of anilines is 1. The molecule has 0 radical (unpaired) electrons. The number of nitrogens with zero attached hydrogens (tertiary/aromatic N) is 3. The van der Waals surface area contributed by atoms with E-state index >= 15 is 0 Å². The van der Waals surface area contributed by atoms with Crippen molar-refractivity contribution in [2.45, 2.75) is 20.3 Å². The maximum absolute atomic E-state index is 5.46.